The van der Waals surface area contributed by atoms with Gasteiger partial charge >= 0.3 is 0 Å². The number of thioether (sulfide) groups is 1. The van der Waals surface area contributed by atoms with Crippen LogP contribution in [0.5, 0.6) is 5.75 Å². The van der Waals surface area contributed by atoms with E-state index in [-0.39, 0.29) is 5.91 Å². The minimum atomic E-state index is -0.531. The number of amides is 1. The lowest BCUT2D eigenvalue weighted by Crippen LogP contribution is -2.30. The first-order valence-electron chi connectivity index (χ1n) is 10.7. The molecule has 34 heavy (non-hydrogen) atoms. The van der Waals surface area contributed by atoms with Crippen LogP contribution in [0.2, 0.25) is 0 Å². The maximum Gasteiger partial charge on any atom is 0.254 e. The number of carbonyl (C=O) groups excluding carboxylic acids is 1. The molecule has 1 aromatic heterocycles. The molecule has 0 radical (unpaired) electrons. The van der Waals surface area contributed by atoms with Crippen LogP contribution in [-0.2, 0) is 10.5 Å². The number of nitrogens with one attached hydrogen (secondary N) is 2. The molecule has 0 saturated heterocycles. The molecule has 0 aliphatic carbocycles. The molecule has 1 amide bonds. The first-order chi connectivity index (χ1) is 16.6. The number of para-hydroxylation sites is 1. The van der Waals surface area contributed by atoms with E-state index in [0.29, 0.717) is 28.3 Å². The van der Waals surface area contributed by atoms with Crippen molar-refractivity contribution in [3.8, 4) is 11.8 Å². The van der Waals surface area contributed by atoms with E-state index in [1.807, 2.05) is 73.7 Å². The third kappa shape index (κ3) is 5.13. The second-order valence-corrected chi connectivity index (χ2v) is 8.68. The number of allylic oxidation sites excluding steroid dienone is 2. The Morgan fingerprint density at radius 3 is 2.71 bits per heavy atom. The second kappa shape index (κ2) is 10.7. The molecule has 0 fully saturated rings. The summed E-state index contributed by atoms with van der Waals surface area (Å²) in [6, 6.07) is 23.2. The summed E-state index contributed by atoms with van der Waals surface area (Å²) >= 11 is 1.53. The fourth-order valence-corrected chi connectivity index (χ4v) is 4.88. The normalized spacial score (nSPS) is 15.4. The summed E-state index contributed by atoms with van der Waals surface area (Å²) in [6.07, 6.45) is 3.39. The molecule has 7 heteroatoms. The van der Waals surface area contributed by atoms with Crippen LogP contribution in [0.15, 0.2) is 101 Å². The number of carbonyl (C=O) groups is 1. The maximum atomic E-state index is 13.4. The number of rotatable bonds is 7. The van der Waals surface area contributed by atoms with Crippen molar-refractivity contribution in [1.29, 1.82) is 5.26 Å². The molecule has 1 atom stereocenters. The van der Waals surface area contributed by atoms with Gasteiger partial charge in [0.2, 0.25) is 0 Å². The van der Waals surface area contributed by atoms with E-state index in [2.05, 4.69) is 21.7 Å². The van der Waals surface area contributed by atoms with Gasteiger partial charge in [0, 0.05) is 35.1 Å². The van der Waals surface area contributed by atoms with Crippen molar-refractivity contribution in [1.82, 2.24) is 10.3 Å². The molecule has 170 valence electrons. The highest BCUT2D eigenvalue weighted by Gasteiger charge is 2.34. The molecule has 1 aliphatic rings. The number of ether oxygens (including phenoxy) is 1. The summed E-state index contributed by atoms with van der Waals surface area (Å²) in [5.41, 5.74) is 4.25. The Balaban J connectivity index is 1.68. The van der Waals surface area contributed by atoms with Crippen LogP contribution in [0, 0.1) is 11.3 Å². The summed E-state index contributed by atoms with van der Waals surface area (Å²) in [6.45, 7) is 1.86. The van der Waals surface area contributed by atoms with Gasteiger partial charge < -0.3 is 15.4 Å². The van der Waals surface area contributed by atoms with Crippen molar-refractivity contribution in [3.63, 3.8) is 0 Å². The lowest BCUT2D eigenvalue weighted by molar-refractivity contribution is -0.113. The molecule has 4 rings (SSSR count). The van der Waals surface area contributed by atoms with Gasteiger partial charge in [0.1, 0.15) is 5.75 Å². The van der Waals surface area contributed by atoms with E-state index in [4.69, 9.17) is 4.74 Å². The van der Waals surface area contributed by atoms with E-state index in [1.54, 1.807) is 19.5 Å². The highest BCUT2D eigenvalue weighted by Crippen LogP contribution is 2.41. The predicted molar refractivity (Wildman–Crippen MR) is 135 cm³/mol. The Hall–Kier alpha value is -4.02. The first kappa shape index (κ1) is 23.1. The Morgan fingerprint density at radius 1 is 1.18 bits per heavy atom. The average Bonchev–Trinajstić information content (AvgIpc) is 2.88. The molecule has 3 aromatic rings. The van der Waals surface area contributed by atoms with Crippen LogP contribution in [-0.4, -0.2) is 18.0 Å². The molecular weight excluding hydrogens is 444 g/mol. The smallest absolute Gasteiger partial charge is 0.254 e. The fourth-order valence-electron chi connectivity index (χ4n) is 3.85. The topological polar surface area (TPSA) is 87.0 Å². The number of hydrogen-bond acceptors (Lipinski definition) is 6. The third-order valence-electron chi connectivity index (χ3n) is 5.46. The molecule has 2 aromatic carbocycles. The lowest BCUT2D eigenvalue weighted by atomic mass is 9.83. The molecule has 6 nitrogen and oxygen atoms in total. The van der Waals surface area contributed by atoms with Crippen LogP contribution in [0.25, 0.3) is 0 Å². The van der Waals surface area contributed by atoms with Gasteiger partial charge in [0.25, 0.3) is 5.91 Å². The quantitative estimate of drug-likeness (QED) is 0.486. The van der Waals surface area contributed by atoms with Gasteiger partial charge in [-0.2, -0.15) is 5.26 Å². The van der Waals surface area contributed by atoms with Crippen molar-refractivity contribution in [3.05, 3.63) is 112 Å². The number of aromatic nitrogens is 1. The second-order valence-electron chi connectivity index (χ2n) is 7.70. The summed E-state index contributed by atoms with van der Waals surface area (Å²) in [4.78, 5) is 17.6. The van der Waals surface area contributed by atoms with Crippen LogP contribution >= 0.6 is 11.8 Å². The third-order valence-corrected chi connectivity index (χ3v) is 6.55. The number of pyridine rings is 1. The van der Waals surface area contributed by atoms with E-state index < -0.39 is 5.92 Å². The molecular formula is C27H24N4O2S. The van der Waals surface area contributed by atoms with E-state index in [9.17, 15) is 10.1 Å². The fraction of sp³-hybridized carbons (Fsp3) is 0.148. The number of dihydropyridines is 1. The Kier molecular flexibility index (Phi) is 7.31. The number of hydrogen-bond donors (Lipinski definition) is 2. The summed E-state index contributed by atoms with van der Waals surface area (Å²) < 4.78 is 5.32. The van der Waals surface area contributed by atoms with Crippen molar-refractivity contribution in [2.24, 2.45) is 0 Å². The van der Waals surface area contributed by atoms with Gasteiger partial charge in [-0.15, -0.1) is 11.8 Å². The standard InChI is InChI=1S/C27H24N4O2S/c1-18-24(26(32)31-21-10-4-3-5-11-21)25(20-9-7-13-29-16-20)23(15-28)27(30-18)34-17-19-8-6-12-22(14-19)33-2/h3-14,16,25,30H,17H2,1-2H3,(H,31,32)/t25-/m1/s1. The molecule has 0 saturated carbocycles. The maximum absolute atomic E-state index is 13.4. The Bertz CT molecular complexity index is 1280. The molecule has 2 N–H and O–H groups in total. The first-order valence-corrected chi connectivity index (χ1v) is 11.7. The predicted octanol–water partition coefficient (Wildman–Crippen LogP) is 5.36. The lowest BCUT2D eigenvalue weighted by Gasteiger charge is -2.29. The van der Waals surface area contributed by atoms with Crippen molar-refractivity contribution in [2.75, 3.05) is 12.4 Å². The minimum Gasteiger partial charge on any atom is -0.497 e. The summed E-state index contributed by atoms with van der Waals surface area (Å²) in [5, 5.41) is 17.2. The van der Waals surface area contributed by atoms with Crippen LogP contribution in [0.4, 0.5) is 5.69 Å². The molecule has 0 spiro atoms. The number of anilines is 1. The van der Waals surface area contributed by atoms with Gasteiger partial charge in [-0.05, 0) is 48.4 Å². The summed E-state index contributed by atoms with van der Waals surface area (Å²) in [7, 11) is 1.64. The number of benzene rings is 2. The van der Waals surface area contributed by atoms with Crippen LogP contribution in [0.1, 0.15) is 24.0 Å². The van der Waals surface area contributed by atoms with Gasteiger partial charge in [-0.1, -0.05) is 36.4 Å². The zero-order chi connectivity index (χ0) is 23.9. The molecule has 1 aliphatic heterocycles. The SMILES string of the molecule is COc1cccc(CSC2=C(C#N)[C@@H](c3cccnc3)C(C(=O)Nc3ccccc3)=C(C)N2)c1. The molecule has 0 unspecified atom stereocenters. The van der Waals surface area contributed by atoms with Gasteiger partial charge in [-0.3, -0.25) is 9.78 Å². The Morgan fingerprint density at radius 2 is 2.00 bits per heavy atom. The van der Waals surface area contributed by atoms with Gasteiger partial charge in [-0.25, -0.2) is 0 Å². The zero-order valence-corrected chi connectivity index (χ0v) is 19.7. The number of nitriles is 1. The van der Waals surface area contributed by atoms with Gasteiger partial charge in [0.05, 0.1) is 29.7 Å². The zero-order valence-electron chi connectivity index (χ0n) is 18.9. The highest BCUT2D eigenvalue weighted by atomic mass is 32.2. The molecule has 2 heterocycles. The van der Waals surface area contributed by atoms with E-state index in [0.717, 1.165) is 21.9 Å². The minimum absolute atomic E-state index is 0.255. The Labute approximate surface area is 203 Å². The number of nitrogens with zero attached hydrogens (tertiary/aromatic N) is 2. The highest BCUT2D eigenvalue weighted by molar-refractivity contribution is 8.02. The molecule has 0 bridgehead atoms. The van der Waals surface area contributed by atoms with Crippen molar-refractivity contribution >= 4 is 23.4 Å². The van der Waals surface area contributed by atoms with Crippen LogP contribution in [0.3, 0.4) is 0 Å². The summed E-state index contributed by atoms with van der Waals surface area (Å²) in [5.74, 6) is 0.642. The van der Waals surface area contributed by atoms with Gasteiger partial charge in [0.15, 0.2) is 0 Å². The van der Waals surface area contributed by atoms with Crippen molar-refractivity contribution in [2.45, 2.75) is 18.6 Å². The largest absolute Gasteiger partial charge is 0.497 e. The number of methoxy groups -OCH3 is 1. The van der Waals surface area contributed by atoms with Crippen molar-refractivity contribution < 1.29 is 9.53 Å². The van der Waals surface area contributed by atoms with Crippen LogP contribution < -0.4 is 15.4 Å². The average molecular weight is 469 g/mol. The monoisotopic (exact) mass is 468 g/mol. The van der Waals surface area contributed by atoms with E-state index in [1.165, 1.54) is 11.8 Å². The van der Waals surface area contributed by atoms with E-state index >= 15 is 0 Å².